The van der Waals surface area contributed by atoms with Crippen molar-refractivity contribution < 1.29 is 13.5 Å². The minimum absolute atomic E-state index is 0.0218. The number of nitrogens with two attached hydrogens (primary N) is 1. The summed E-state index contributed by atoms with van der Waals surface area (Å²) in [7, 11) is 0. The molecule has 0 saturated carbocycles. The van der Waals surface area contributed by atoms with Crippen molar-refractivity contribution in [1.82, 2.24) is 10.3 Å². The van der Waals surface area contributed by atoms with E-state index >= 15 is 0 Å². The van der Waals surface area contributed by atoms with E-state index in [4.69, 9.17) is 10.6 Å². The molecular formula is C14H21F2N3O. The van der Waals surface area contributed by atoms with Gasteiger partial charge in [0, 0.05) is 24.2 Å². The van der Waals surface area contributed by atoms with E-state index in [2.05, 4.69) is 10.3 Å². The molecule has 1 saturated heterocycles. The second-order valence-electron chi connectivity index (χ2n) is 5.49. The fraction of sp³-hybridized carbons (Fsp3) is 0.571. The van der Waals surface area contributed by atoms with Crippen molar-refractivity contribution in [3.63, 3.8) is 0 Å². The van der Waals surface area contributed by atoms with Crippen LogP contribution in [0.1, 0.15) is 25.5 Å². The molecule has 20 heavy (non-hydrogen) atoms. The van der Waals surface area contributed by atoms with Crippen LogP contribution in [-0.4, -0.2) is 36.7 Å². The fourth-order valence-corrected chi connectivity index (χ4v) is 2.75. The predicted molar refractivity (Wildman–Crippen MR) is 72.9 cm³/mol. The molecule has 1 fully saturated rings. The molecule has 0 amide bonds. The van der Waals surface area contributed by atoms with Gasteiger partial charge < -0.3 is 4.74 Å². The quantitative estimate of drug-likeness (QED) is 0.651. The van der Waals surface area contributed by atoms with E-state index in [9.17, 15) is 8.78 Å². The Kier molecular flexibility index (Phi) is 4.70. The van der Waals surface area contributed by atoms with E-state index in [0.717, 1.165) is 0 Å². The first-order chi connectivity index (χ1) is 9.48. The van der Waals surface area contributed by atoms with Crippen molar-refractivity contribution >= 4 is 0 Å². The van der Waals surface area contributed by atoms with Gasteiger partial charge >= 0.3 is 0 Å². The summed E-state index contributed by atoms with van der Waals surface area (Å²) in [6.45, 7) is 6.49. The van der Waals surface area contributed by atoms with Crippen LogP contribution in [0.4, 0.5) is 8.78 Å². The highest BCUT2D eigenvalue weighted by Crippen LogP contribution is 2.33. The van der Waals surface area contributed by atoms with Gasteiger partial charge in [0.2, 0.25) is 0 Å². The lowest BCUT2D eigenvalue weighted by Gasteiger charge is -2.45. The van der Waals surface area contributed by atoms with E-state index in [1.54, 1.807) is 0 Å². The van der Waals surface area contributed by atoms with Gasteiger partial charge in [0.15, 0.2) is 0 Å². The molecule has 112 valence electrons. The minimum atomic E-state index is -0.651. The molecule has 1 unspecified atom stereocenters. The highest BCUT2D eigenvalue weighted by Gasteiger charge is 2.39. The van der Waals surface area contributed by atoms with E-state index < -0.39 is 23.2 Å². The Morgan fingerprint density at radius 2 is 1.80 bits per heavy atom. The minimum Gasteiger partial charge on any atom is -0.379 e. The molecule has 0 aliphatic carbocycles. The molecule has 1 aromatic rings. The van der Waals surface area contributed by atoms with Crippen molar-refractivity contribution in [2.45, 2.75) is 25.4 Å². The summed E-state index contributed by atoms with van der Waals surface area (Å²) < 4.78 is 33.3. The molecular weight excluding hydrogens is 264 g/mol. The third-order valence-corrected chi connectivity index (χ3v) is 3.99. The van der Waals surface area contributed by atoms with Gasteiger partial charge in [-0.25, -0.2) is 8.78 Å². The Labute approximate surface area is 117 Å². The molecule has 0 bridgehead atoms. The number of nitrogens with one attached hydrogen (secondary N) is 1. The Hall–Kier alpha value is -1.08. The van der Waals surface area contributed by atoms with Gasteiger partial charge in [-0.2, -0.15) is 0 Å². The summed E-state index contributed by atoms with van der Waals surface area (Å²) in [5.41, 5.74) is 2.01. The average molecular weight is 285 g/mol. The molecule has 0 spiro atoms. The number of hydrogen-bond acceptors (Lipinski definition) is 4. The predicted octanol–water partition coefficient (Wildman–Crippen LogP) is 1.58. The second-order valence-corrected chi connectivity index (χ2v) is 5.49. The molecule has 4 nitrogen and oxygen atoms in total. The van der Waals surface area contributed by atoms with Crippen LogP contribution in [0.5, 0.6) is 0 Å². The number of hydrogen-bond donors (Lipinski definition) is 2. The fourth-order valence-electron chi connectivity index (χ4n) is 2.75. The Bertz CT molecular complexity index is 441. The number of nitrogens with zero attached hydrogens (tertiary/aromatic N) is 1. The molecule has 1 atom stereocenters. The molecule has 0 radical (unpaired) electrons. The number of rotatable bonds is 4. The monoisotopic (exact) mass is 285 g/mol. The number of ether oxygens (including phenoxy) is 1. The maximum absolute atomic E-state index is 14.0. The Morgan fingerprint density at radius 3 is 2.30 bits per heavy atom. The number of hydrazine groups is 1. The first-order valence-electron chi connectivity index (χ1n) is 6.71. The van der Waals surface area contributed by atoms with Crippen LogP contribution >= 0.6 is 0 Å². The Morgan fingerprint density at radius 1 is 1.25 bits per heavy atom. The number of morpholine rings is 1. The molecule has 0 aromatic heterocycles. The topological polar surface area (TPSA) is 50.5 Å². The zero-order valence-corrected chi connectivity index (χ0v) is 11.8. The second kappa shape index (κ2) is 6.13. The van der Waals surface area contributed by atoms with Gasteiger partial charge in [-0.05, 0) is 26.0 Å². The molecule has 2 rings (SSSR count). The summed E-state index contributed by atoms with van der Waals surface area (Å²) in [5, 5.41) is 0. The van der Waals surface area contributed by atoms with Crippen LogP contribution in [-0.2, 0) is 4.74 Å². The lowest BCUT2D eigenvalue weighted by Crippen LogP contribution is -2.57. The zero-order chi connectivity index (χ0) is 14.8. The van der Waals surface area contributed by atoms with Gasteiger partial charge in [0.1, 0.15) is 11.6 Å². The van der Waals surface area contributed by atoms with Gasteiger partial charge in [-0.1, -0.05) is 6.07 Å². The van der Waals surface area contributed by atoms with Crippen molar-refractivity contribution in [3.05, 3.63) is 35.4 Å². The maximum Gasteiger partial charge on any atom is 0.131 e. The van der Waals surface area contributed by atoms with E-state index in [1.165, 1.54) is 18.2 Å². The lowest BCUT2D eigenvalue weighted by molar-refractivity contribution is -0.0247. The zero-order valence-electron chi connectivity index (χ0n) is 11.8. The largest absolute Gasteiger partial charge is 0.379 e. The van der Waals surface area contributed by atoms with Crippen LogP contribution in [0.2, 0.25) is 0 Å². The van der Waals surface area contributed by atoms with Gasteiger partial charge in [-0.3, -0.25) is 16.2 Å². The summed E-state index contributed by atoms with van der Waals surface area (Å²) >= 11 is 0. The van der Waals surface area contributed by atoms with Crippen molar-refractivity contribution in [2.24, 2.45) is 5.84 Å². The maximum atomic E-state index is 14.0. The standard InChI is InChI=1S/C14H21F2N3O/c1-14(2,19-6-8-20-9-7-19)13(18-17)12-10(15)4-3-5-11(12)16/h3-5,13,18H,6-9,17H2,1-2H3. The first kappa shape index (κ1) is 15.3. The van der Waals surface area contributed by atoms with Crippen molar-refractivity contribution in [1.29, 1.82) is 0 Å². The smallest absolute Gasteiger partial charge is 0.131 e. The van der Waals surface area contributed by atoms with Crippen LogP contribution in [0.3, 0.4) is 0 Å². The van der Waals surface area contributed by atoms with Crippen molar-refractivity contribution in [3.8, 4) is 0 Å². The molecule has 6 heteroatoms. The number of halogens is 2. The van der Waals surface area contributed by atoms with E-state index in [0.29, 0.717) is 26.3 Å². The molecule has 3 N–H and O–H groups in total. The summed E-state index contributed by atoms with van der Waals surface area (Å²) in [5.74, 6) is 4.42. The van der Waals surface area contributed by atoms with E-state index in [1.807, 2.05) is 13.8 Å². The summed E-state index contributed by atoms with van der Waals surface area (Å²) in [6.07, 6.45) is 0. The third kappa shape index (κ3) is 2.83. The van der Waals surface area contributed by atoms with Crippen LogP contribution in [0.15, 0.2) is 18.2 Å². The van der Waals surface area contributed by atoms with E-state index in [-0.39, 0.29) is 5.56 Å². The molecule has 1 aromatic carbocycles. The number of benzene rings is 1. The van der Waals surface area contributed by atoms with Gasteiger partial charge in [0.05, 0.1) is 19.3 Å². The van der Waals surface area contributed by atoms with Crippen LogP contribution in [0, 0.1) is 11.6 Å². The first-order valence-corrected chi connectivity index (χ1v) is 6.71. The molecule has 1 heterocycles. The highest BCUT2D eigenvalue weighted by molar-refractivity contribution is 5.26. The molecule has 1 aliphatic heterocycles. The average Bonchev–Trinajstić information content (AvgIpc) is 2.43. The van der Waals surface area contributed by atoms with Crippen molar-refractivity contribution in [2.75, 3.05) is 26.3 Å². The molecule has 1 aliphatic rings. The summed E-state index contributed by atoms with van der Waals surface area (Å²) in [6, 6.07) is 3.20. The third-order valence-electron chi connectivity index (χ3n) is 3.99. The summed E-state index contributed by atoms with van der Waals surface area (Å²) in [4.78, 5) is 2.13. The Balaban J connectivity index is 2.35. The van der Waals surface area contributed by atoms with Crippen LogP contribution < -0.4 is 11.3 Å². The normalized spacial score (nSPS) is 19.1. The van der Waals surface area contributed by atoms with Gasteiger partial charge in [0.25, 0.3) is 0 Å². The van der Waals surface area contributed by atoms with Crippen LogP contribution in [0.25, 0.3) is 0 Å². The highest BCUT2D eigenvalue weighted by atomic mass is 19.1. The lowest BCUT2D eigenvalue weighted by atomic mass is 9.86. The van der Waals surface area contributed by atoms with Gasteiger partial charge in [-0.15, -0.1) is 0 Å². The SMILES string of the molecule is CC(C)(C(NN)c1c(F)cccc1F)N1CCOCC1.